The molecule has 4 rings (SSSR count). The number of rotatable bonds is 5. The molecule has 0 fully saturated rings. The van der Waals surface area contributed by atoms with Crippen molar-refractivity contribution in [2.45, 2.75) is 53.9 Å². The number of aryl methyl sites for hydroxylation is 4. The molecule has 0 radical (unpaired) electrons. The molecule has 2 aromatic heterocycles. The summed E-state index contributed by atoms with van der Waals surface area (Å²) < 4.78 is 1.63. The van der Waals surface area contributed by atoms with Gasteiger partial charge in [0.2, 0.25) is 5.91 Å². The molecule has 0 aliphatic carbocycles. The Balaban J connectivity index is 1.50. The Morgan fingerprint density at radius 1 is 0.917 bits per heavy atom. The van der Waals surface area contributed by atoms with Crippen LogP contribution in [0, 0.1) is 27.7 Å². The molecular formula is C29H33N5O2. The summed E-state index contributed by atoms with van der Waals surface area (Å²) in [5.41, 5.74) is 6.67. The molecule has 0 spiro atoms. The van der Waals surface area contributed by atoms with E-state index in [1.54, 1.807) is 22.9 Å². The van der Waals surface area contributed by atoms with Crippen LogP contribution in [0.25, 0.3) is 16.7 Å². The molecule has 0 unspecified atom stereocenters. The van der Waals surface area contributed by atoms with Crippen LogP contribution in [0.1, 0.15) is 59.1 Å². The lowest BCUT2D eigenvalue weighted by molar-refractivity contribution is -0.115. The molecule has 4 aromatic rings. The molecule has 2 amide bonds. The van der Waals surface area contributed by atoms with Crippen LogP contribution in [0.5, 0.6) is 0 Å². The fourth-order valence-corrected chi connectivity index (χ4v) is 4.27. The zero-order valence-electron chi connectivity index (χ0n) is 22.0. The zero-order valence-corrected chi connectivity index (χ0v) is 22.0. The van der Waals surface area contributed by atoms with Crippen molar-refractivity contribution >= 4 is 28.5 Å². The topological polar surface area (TPSA) is 88.9 Å². The Morgan fingerprint density at radius 2 is 1.61 bits per heavy atom. The third-order valence-corrected chi connectivity index (χ3v) is 6.18. The van der Waals surface area contributed by atoms with Gasteiger partial charge < -0.3 is 10.6 Å². The van der Waals surface area contributed by atoms with Crippen LogP contribution < -0.4 is 10.6 Å². The molecule has 0 atom stereocenters. The van der Waals surface area contributed by atoms with Crippen molar-refractivity contribution in [1.82, 2.24) is 20.1 Å². The Kier molecular flexibility index (Phi) is 6.67. The fourth-order valence-electron chi connectivity index (χ4n) is 4.27. The van der Waals surface area contributed by atoms with E-state index < -0.39 is 0 Å². The first-order valence-corrected chi connectivity index (χ1v) is 12.1. The molecule has 0 saturated heterocycles. The Hall–Kier alpha value is -4.00. The lowest BCUT2D eigenvalue weighted by Crippen LogP contribution is -2.33. The standard InChI is InChI=1S/C29H33N5O2/c1-17-12-19(3)27-23(13-17)18(2)14-24(32-27)34-25(15-20(4)33-34)31-26(35)16-30-28(36)21-8-10-22(11-9-21)29(5,6)7/h8-15H,16H2,1-7H3,(H,30,36)(H,31,35). The summed E-state index contributed by atoms with van der Waals surface area (Å²) in [4.78, 5) is 30.1. The number of nitrogens with zero attached hydrogens (tertiary/aromatic N) is 3. The van der Waals surface area contributed by atoms with Crippen LogP contribution in [0.3, 0.4) is 0 Å². The van der Waals surface area contributed by atoms with Gasteiger partial charge >= 0.3 is 0 Å². The Labute approximate surface area is 211 Å². The molecule has 7 heteroatoms. The average molecular weight is 484 g/mol. The van der Waals surface area contributed by atoms with Gasteiger partial charge in [-0.3, -0.25) is 9.59 Å². The number of hydrogen-bond acceptors (Lipinski definition) is 4. The average Bonchev–Trinajstić information content (AvgIpc) is 3.17. The number of carbonyl (C=O) groups excluding carboxylic acids is 2. The fraction of sp³-hybridized carbons (Fsp3) is 0.310. The van der Waals surface area contributed by atoms with Crippen molar-refractivity contribution in [2.75, 3.05) is 11.9 Å². The van der Waals surface area contributed by atoms with E-state index in [0.717, 1.165) is 33.3 Å². The summed E-state index contributed by atoms with van der Waals surface area (Å²) >= 11 is 0. The second kappa shape index (κ2) is 9.57. The molecule has 0 aliphatic heterocycles. The maximum Gasteiger partial charge on any atom is 0.251 e. The van der Waals surface area contributed by atoms with Crippen molar-refractivity contribution in [3.63, 3.8) is 0 Å². The molecule has 0 saturated carbocycles. The minimum atomic E-state index is -0.347. The van der Waals surface area contributed by atoms with Crippen molar-refractivity contribution in [3.8, 4) is 5.82 Å². The van der Waals surface area contributed by atoms with E-state index in [9.17, 15) is 9.59 Å². The van der Waals surface area contributed by atoms with Crippen molar-refractivity contribution < 1.29 is 9.59 Å². The maximum atomic E-state index is 12.7. The van der Waals surface area contributed by atoms with Crippen molar-refractivity contribution in [3.05, 3.63) is 82.0 Å². The van der Waals surface area contributed by atoms with Gasteiger partial charge in [0, 0.05) is 17.0 Å². The molecule has 186 valence electrons. The number of carbonyl (C=O) groups is 2. The number of benzene rings is 2. The van der Waals surface area contributed by atoms with Gasteiger partial charge in [0.05, 0.1) is 17.8 Å². The molecule has 2 aromatic carbocycles. The second-order valence-corrected chi connectivity index (χ2v) is 10.4. The van der Waals surface area contributed by atoms with Crippen molar-refractivity contribution in [1.29, 1.82) is 0 Å². The normalized spacial score (nSPS) is 11.5. The van der Waals surface area contributed by atoms with E-state index in [0.29, 0.717) is 17.2 Å². The van der Waals surface area contributed by atoms with Gasteiger partial charge in [-0.15, -0.1) is 0 Å². The highest BCUT2D eigenvalue weighted by atomic mass is 16.2. The summed E-state index contributed by atoms with van der Waals surface area (Å²) in [7, 11) is 0. The third-order valence-electron chi connectivity index (χ3n) is 6.18. The molecule has 2 N–H and O–H groups in total. The van der Waals surface area contributed by atoms with Crippen LogP contribution in [0.4, 0.5) is 5.82 Å². The van der Waals surface area contributed by atoms with E-state index in [2.05, 4.69) is 55.6 Å². The van der Waals surface area contributed by atoms with Gasteiger partial charge in [-0.05, 0) is 74.1 Å². The highest BCUT2D eigenvalue weighted by Crippen LogP contribution is 2.26. The Morgan fingerprint density at radius 3 is 2.28 bits per heavy atom. The number of pyridine rings is 1. The number of hydrogen-bond donors (Lipinski definition) is 2. The van der Waals surface area contributed by atoms with Crippen LogP contribution in [0.15, 0.2) is 48.5 Å². The lowest BCUT2D eigenvalue weighted by atomic mass is 9.87. The molecule has 7 nitrogen and oxygen atoms in total. The predicted octanol–water partition coefficient (Wildman–Crippen LogP) is 5.32. The van der Waals surface area contributed by atoms with E-state index in [1.807, 2.05) is 39.0 Å². The first kappa shape index (κ1) is 25.1. The summed E-state index contributed by atoms with van der Waals surface area (Å²) in [6.45, 7) is 14.2. The van der Waals surface area contributed by atoms with E-state index in [4.69, 9.17) is 4.98 Å². The summed E-state index contributed by atoms with van der Waals surface area (Å²) in [6, 6.07) is 15.4. The molecule has 2 heterocycles. The predicted molar refractivity (Wildman–Crippen MR) is 144 cm³/mol. The van der Waals surface area contributed by atoms with Gasteiger partial charge in [-0.2, -0.15) is 9.78 Å². The van der Waals surface area contributed by atoms with E-state index in [-0.39, 0.29) is 23.8 Å². The number of nitrogens with one attached hydrogen (secondary N) is 2. The van der Waals surface area contributed by atoms with Crippen LogP contribution in [0.2, 0.25) is 0 Å². The largest absolute Gasteiger partial charge is 0.343 e. The number of aromatic nitrogens is 3. The molecule has 0 bridgehead atoms. The van der Waals surface area contributed by atoms with Crippen LogP contribution in [-0.4, -0.2) is 33.1 Å². The second-order valence-electron chi connectivity index (χ2n) is 10.4. The minimum absolute atomic E-state index is 0.00600. The summed E-state index contributed by atoms with van der Waals surface area (Å²) in [5, 5.41) is 11.2. The maximum absolute atomic E-state index is 12.7. The molecule has 0 aliphatic rings. The minimum Gasteiger partial charge on any atom is -0.343 e. The smallest absolute Gasteiger partial charge is 0.251 e. The van der Waals surface area contributed by atoms with Crippen LogP contribution in [-0.2, 0) is 10.2 Å². The van der Waals surface area contributed by atoms with Gasteiger partial charge in [0.1, 0.15) is 5.82 Å². The third kappa shape index (κ3) is 5.30. The van der Waals surface area contributed by atoms with Gasteiger partial charge in [-0.25, -0.2) is 4.98 Å². The first-order valence-electron chi connectivity index (χ1n) is 12.1. The highest BCUT2D eigenvalue weighted by molar-refractivity contribution is 5.99. The number of anilines is 1. The van der Waals surface area contributed by atoms with E-state index in [1.165, 1.54) is 5.56 Å². The van der Waals surface area contributed by atoms with Crippen molar-refractivity contribution in [2.24, 2.45) is 0 Å². The molecular weight excluding hydrogens is 450 g/mol. The van der Waals surface area contributed by atoms with Gasteiger partial charge in [-0.1, -0.05) is 44.5 Å². The zero-order chi connectivity index (χ0) is 26.2. The highest BCUT2D eigenvalue weighted by Gasteiger charge is 2.17. The lowest BCUT2D eigenvalue weighted by Gasteiger charge is -2.19. The first-order chi connectivity index (χ1) is 16.9. The number of fused-ring (bicyclic) bond motifs is 1. The van der Waals surface area contributed by atoms with E-state index >= 15 is 0 Å². The van der Waals surface area contributed by atoms with Gasteiger partial charge in [0.25, 0.3) is 5.91 Å². The summed E-state index contributed by atoms with van der Waals surface area (Å²) in [6.07, 6.45) is 0. The number of amides is 2. The SMILES string of the molecule is Cc1cc(C)c2nc(-n3nc(C)cc3NC(=O)CNC(=O)c3ccc(C(C)(C)C)cc3)cc(C)c2c1. The quantitative estimate of drug-likeness (QED) is 0.402. The summed E-state index contributed by atoms with van der Waals surface area (Å²) in [5.74, 6) is 0.476. The molecule has 36 heavy (non-hydrogen) atoms. The Bertz CT molecular complexity index is 1460. The monoisotopic (exact) mass is 483 g/mol. The van der Waals surface area contributed by atoms with Crippen LogP contribution >= 0.6 is 0 Å². The van der Waals surface area contributed by atoms with Gasteiger partial charge in [0.15, 0.2) is 5.82 Å².